The molecule has 0 heterocycles. The molecule has 0 saturated heterocycles. The third-order valence-corrected chi connectivity index (χ3v) is 3.65. The monoisotopic (exact) mass is 212 g/mol. The molecule has 1 rings (SSSR count). The maximum absolute atomic E-state index is 3.59. The zero-order valence-electron chi connectivity index (χ0n) is 10.8. The van der Waals surface area contributed by atoms with Crippen LogP contribution in [0.1, 0.15) is 46.0 Å². The van der Waals surface area contributed by atoms with E-state index in [-0.39, 0.29) is 0 Å². The summed E-state index contributed by atoms with van der Waals surface area (Å²) < 4.78 is 0. The number of nitrogens with zero attached hydrogens (tertiary/aromatic N) is 1. The van der Waals surface area contributed by atoms with Gasteiger partial charge < -0.3 is 10.2 Å². The van der Waals surface area contributed by atoms with Crippen LogP contribution in [0.25, 0.3) is 0 Å². The zero-order valence-corrected chi connectivity index (χ0v) is 10.8. The predicted octanol–water partition coefficient (Wildman–Crippen LogP) is 2.50. The van der Waals surface area contributed by atoms with Gasteiger partial charge >= 0.3 is 0 Å². The zero-order chi connectivity index (χ0) is 11.1. The smallest absolute Gasteiger partial charge is 0.00355 e. The minimum absolute atomic E-state index is 0.680. The molecule has 1 aliphatic rings. The van der Waals surface area contributed by atoms with Gasteiger partial charge in [-0.2, -0.15) is 0 Å². The van der Waals surface area contributed by atoms with Crippen LogP contribution in [0, 0.1) is 5.92 Å². The van der Waals surface area contributed by atoms with Gasteiger partial charge in [0.25, 0.3) is 0 Å². The summed E-state index contributed by atoms with van der Waals surface area (Å²) in [6.07, 6.45) is 7.12. The quantitative estimate of drug-likeness (QED) is 0.652. The highest BCUT2D eigenvalue weighted by Gasteiger charge is 2.13. The first-order chi connectivity index (χ1) is 7.20. The highest BCUT2D eigenvalue weighted by atomic mass is 15.1. The molecule has 0 spiro atoms. The fraction of sp³-hybridized carbons (Fsp3) is 1.00. The second kappa shape index (κ2) is 7.24. The largest absolute Gasteiger partial charge is 0.316 e. The first-order valence-electron chi connectivity index (χ1n) is 6.61. The molecule has 15 heavy (non-hydrogen) atoms. The van der Waals surface area contributed by atoms with Gasteiger partial charge in [0.1, 0.15) is 0 Å². The average molecular weight is 212 g/mol. The SMILES string of the molecule is CC(C)N(C)CCCNCC1CCCC1. The van der Waals surface area contributed by atoms with Gasteiger partial charge in [0.15, 0.2) is 0 Å². The molecular weight excluding hydrogens is 184 g/mol. The number of hydrogen-bond donors (Lipinski definition) is 1. The Morgan fingerprint density at radius 3 is 2.53 bits per heavy atom. The Morgan fingerprint density at radius 1 is 1.27 bits per heavy atom. The number of nitrogens with one attached hydrogen (secondary N) is 1. The van der Waals surface area contributed by atoms with E-state index in [1.54, 1.807) is 0 Å². The van der Waals surface area contributed by atoms with Gasteiger partial charge in [-0.1, -0.05) is 12.8 Å². The Bertz CT molecular complexity index is 147. The van der Waals surface area contributed by atoms with E-state index in [1.807, 2.05) is 0 Å². The standard InChI is InChI=1S/C13H28N2/c1-12(2)15(3)10-6-9-14-11-13-7-4-5-8-13/h12-14H,4-11H2,1-3H3. The molecule has 0 unspecified atom stereocenters. The van der Waals surface area contributed by atoms with Crippen LogP contribution in [-0.4, -0.2) is 37.6 Å². The van der Waals surface area contributed by atoms with Crippen molar-refractivity contribution in [3.05, 3.63) is 0 Å². The van der Waals surface area contributed by atoms with Gasteiger partial charge in [-0.25, -0.2) is 0 Å². The molecule has 0 aromatic carbocycles. The summed E-state index contributed by atoms with van der Waals surface area (Å²) in [7, 11) is 2.21. The fourth-order valence-electron chi connectivity index (χ4n) is 2.23. The van der Waals surface area contributed by atoms with E-state index in [0.717, 1.165) is 5.92 Å². The summed E-state index contributed by atoms with van der Waals surface area (Å²) in [5, 5.41) is 3.59. The van der Waals surface area contributed by atoms with Crippen LogP contribution < -0.4 is 5.32 Å². The molecule has 1 fully saturated rings. The van der Waals surface area contributed by atoms with Gasteiger partial charge in [-0.15, -0.1) is 0 Å². The van der Waals surface area contributed by atoms with Crippen molar-refractivity contribution >= 4 is 0 Å². The Morgan fingerprint density at radius 2 is 1.93 bits per heavy atom. The number of rotatable bonds is 7. The molecule has 90 valence electrons. The third-order valence-electron chi connectivity index (χ3n) is 3.65. The Labute approximate surface area is 95.4 Å². The van der Waals surface area contributed by atoms with Crippen LogP contribution in [0.3, 0.4) is 0 Å². The van der Waals surface area contributed by atoms with Gasteiger partial charge in [0, 0.05) is 6.04 Å². The first-order valence-corrected chi connectivity index (χ1v) is 6.61. The van der Waals surface area contributed by atoms with Crippen LogP contribution in [0.2, 0.25) is 0 Å². The summed E-state index contributed by atoms with van der Waals surface area (Å²) in [5.74, 6) is 0.979. The van der Waals surface area contributed by atoms with Crippen LogP contribution >= 0.6 is 0 Å². The van der Waals surface area contributed by atoms with Crippen molar-refractivity contribution in [3.8, 4) is 0 Å². The summed E-state index contributed by atoms with van der Waals surface area (Å²) in [6, 6.07) is 0.680. The van der Waals surface area contributed by atoms with Crippen molar-refractivity contribution in [2.75, 3.05) is 26.7 Å². The lowest BCUT2D eigenvalue weighted by Gasteiger charge is -2.21. The van der Waals surface area contributed by atoms with Crippen molar-refractivity contribution in [1.82, 2.24) is 10.2 Å². The van der Waals surface area contributed by atoms with Crippen molar-refractivity contribution in [2.45, 2.75) is 52.0 Å². The minimum atomic E-state index is 0.680. The molecule has 0 bridgehead atoms. The lowest BCUT2D eigenvalue weighted by molar-refractivity contribution is 0.268. The fourth-order valence-corrected chi connectivity index (χ4v) is 2.23. The molecule has 0 aromatic heterocycles. The molecule has 0 radical (unpaired) electrons. The van der Waals surface area contributed by atoms with Crippen LogP contribution in [-0.2, 0) is 0 Å². The summed E-state index contributed by atoms with van der Waals surface area (Å²) in [4.78, 5) is 2.41. The van der Waals surface area contributed by atoms with Crippen LogP contribution in [0.4, 0.5) is 0 Å². The molecule has 0 atom stereocenters. The minimum Gasteiger partial charge on any atom is -0.316 e. The van der Waals surface area contributed by atoms with Crippen LogP contribution in [0.5, 0.6) is 0 Å². The maximum atomic E-state index is 3.59. The van der Waals surface area contributed by atoms with E-state index < -0.39 is 0 Å². The van der Waals surface area contributed by atoms with Crippen LogP contribution in [0.15, 0.2) is 0 Å². The second-order valence-electron chi connectivity index (χ2n) is 5.28. The van der Waals surface area contributed by atoms with E-state index in [1.165, 1.54) is 51.7 Å². The molecule has 2 nitrogen and oxygen atoms in total. The molecule has 0 amide bonds. The normalized spacial score (nSPS) is 18.2. The van der Waals surface area contributed by atoms with E-state index >= 15 is 0 Å². The lowest BCUT2D eigenvalue weighted by Crippen LogP contribution is -2.30. The Kier molecular flexibility index (Phi) is 6.26. The van der Waals surface area contributed by atoms with Crippen molar-refractivity contribution in [1.29, 1.82) is 0 Å². The van der Waals surface area contributed by atoms with Crippen molar-refractivity contribution in [3.63, 3.8) is 0 Å². The second-order valence-corrected chi connectivity index (χ2v) is 5.28. The summed E-state index contributed by atoms with van der Waals surface area (Å²) >= 11 is 0. The molecule has 1 saturated carbocycles. The lowest BCUT2D eigenvalue weighted by atomic mass is 10.1. The summed E-state index contributed by atoms with van der Waals surface area (Å²) in [6.45, 7) is 8.17. The molecule has 0 aliphatic heterocycles. The Hall–Kier alpha value is -0.0800. The van der Waals surface area contributed by atoms with Gasteiger partial charge in [0.2, 0.25) is 0 Å². The topological polar surface area (TPSA) is 15.3 Å². The predicted molar refractivity (Wildman–Crippen MR) is 67.2 cm³/mol. The molecule has 0 aromatic rings. The van der Waals surface area contributed by atoms with E-state index in [0.29, 0.717) is 6.04 Å². The molecular formula is C13H28N2. The third kappa shape index (κ3) is 5.53. The maximum Gasteiger partial charge on any atom is 0.00355 e. The van der Waals surface area contributed by atoms with E-state index in [2.05, 4.69) is 31.1 Å². The highest BCUT2D eigenvalue weighted by molar-refractivity contribution is 4.69. The first kappa shape index (κ1) is 13.0. The highest BCUT2D eigenvalue weighted by Crippen LogP contribution is 2.23. The molecule has 2 heteroatoms. The van der Waals surface area contributed by atoms with E-state index in [9.17, 15) is 0 Å². The number of hydrogen-bond acceptors (Lipinski definition) is 2. The van der Waals surface area contributed by atoms with Crippen molar-refractivity contribution < 1.29 is 0 Å². The molecule has 1 N–H and O–H groups in total. The molecule has 1 aliphatic carbocycles. The van der Waals surface area contributed by atoms with Gasteiger partial charge in [0.05, 0.1) is 0 Å². The van der Waals surface area contributed by atoms with E-state index in [4.69, 9.17) is 0 Å². The van der Waals surface area contributed by atoms with Gasteiger partial charge in [-0.3, -0.25) is 0 Å². The Balaban J connectivity index is 1.88. The van der Waals surface area contributed by atoms with Gasteiger partial charge in [-0.05, 0) is 65.7 Å². The van der Waals surface area contributed by atoms with Crippen molar-refractivity contribution in [2.24, 2.45) is 5.92 Å². The summed E-state index contributed by atoms with van der Waals surface area (Å²) in [5.41, 5.74) is 0. The average Bonchev–Trinajstić information content (AvgIpc) is 2.69.